The molecule has 3 N–H and O–H groups in total. The first-order valence-corrected chi connectivity index (χ1v) is 14.1. The van der Waals surface area contributed by atoms with Gasteiger partial charge in [-0.3, -0.25) is 9.59 Å². The number of benzene rings is 3. The number of nitrogens with zero attached hydrogens (tertiary/aromatic N) is 1. The molecule has 0 saturated heterocycles. The van der Waals surface area contributed by atoms with Crippen molar-refractivity contribution >= 4 is 17.8 Å². The highest BCUT2D eigenvalue weighted by molar-refractivity contribution is 5.99. The van der Waals surface area contributed by atoms with E-state index in [1.807, 2.05) is 56.0 Å². The van der Waals surface area contributed by atoms with E-state index in [1.54, 1.807) is 0 Å². The van der Waals surface area contributed by atoms with Gasteiger partial charge < -0.3 is 20.9 Å². The number of hydrogen-bond donors (Lipinski definition) is 3. The Morgan fingerprint density at radius 2 is 1.77 bits per heavy atom. The molecule has 2 heterocycles. The summed E-state index contributed by atoms with van der Waals surface area (Å²) in [6.07, 6.45) is 1.60. The molecule has 3 aromatic carbocycles. The molecule has 2 aliphatic heterocycles. The maximum Gasteiger partial charge on any atom is 0.318 e. The van der Waals surface area contributed by atoms with Gasteiger partial charge in [-0.1, -0.05) is 48.5 Å². The average molecular weight is 537 g/mol. The van der Waals surface area contributed by atoms with Crippen molar-refractivity contribution in [3.05, 3.63) is 94.0 Å². The third-order valence-corrected chi connectivity index (χ3v) is 8.19. The van der Waals surface area contributed by atoms with Crippen LogP contribution in [-0.4, -0.2) is 34.8 Å². The molecule has 7 heteroatoms. The standard InChI is InChI=1S/C33H36N4O3/c1-33(2,3)36-32(40)37-14-13-26-24(21-9-12-25-23(15-21)18-35-30(25)38)11-10-22(29(26)19-37)17-34-31(39)28-16-27(28)20-7-5-4-6-8-20/h4-12,15,27-28H,13-14,16-19H2,1-3H3,(H,34,39)(H,35,38)(H,36,40)/t27-,28+/m0/s1. The maximum atomic E-state index is 13.1. The second-order valence-corrected chi connectivity index (χ2v) is 12.2. The van der Waals surface area contributed by atoms with Crippen molar-refractivity contribution in [1.82, 2.24) is 20.9 Å². The molecular formula is C33H36N4O3. The van der Waals surface area contributed by atoms with E-state index in [-0.39, 0.29) is 35.2 Å². The summed E-state index contributed by atoms with van der Waals surface area (Å²) in [5.41, 5.74) is 8.16. The van der Waals surface area contributed by atoms with Gasteiger partial charge in [0, 0.05) is 43.2 Å². The largest absolute Gasteiger partial charge is 0.352 e. The molecule has 1 fully saturated rings. The molecule has 40 heavy (non-hydrogen) atoms. The van der Waals surface area contributed by atoms with Crippen LogP contribution in [0.1, 0.15) is 71.3 Å². The summed E-state index contributed by atoms with van der Waals surface area (Å²) < 4.78 is 0. The fourth-order valence-corrected chi connectivity index (χ4v) is 6.02. The molecule has 4 amide bonds. The van der Waals surface area contributed by atoms with Crippen LogP contribution < -0.4 is 16.0 Å². The molecule has 1 aliphatic carbocycles. The zero-order valence-corrected chi connectivity index (χ0v) is 23.3. The van der Waals surface area contributed by atoms with Crippen molar-refractivity contribution in [3.63, 3.8) is 0 Å². The van der Waals surface area contributed by atoms with E-state index >= 15 is 0 Å². The van der Waals surface area contributed by atoms with Crippen LogP contribution >= 0.6 is 0 Å². The quantitative estimate of drug-likeness (QED) is 0.434. The fraction of sp³-hybridized carbons (Fsp3) is 0.364. The molecule has 0 radical (unpaired) electrons. The third-order valence-electron chi connectivity index (χ3n) is 8.19. The number of amides is 4. The van der Waals surface area contributed by atoms with Gasteiger partial charge in [-0.2, -0.15) is 0 Å². The van der Waals surface area contributed by atoms with Crippen LogP contribution in [0, 0.1) is 5.92 Å². The molecule has 206 valence electrons. The van der Waals surface area contributed by atoms with Crippen LogP contribution in [-0.2, 0) is 30.8 Å². The Hall–Kier alpha value is -4.13. The highest BCUT2D eigenvalue weighted by Crippen LogP contribution is 2.47. The summed E-state index contributed by atoms with van der Waals surface area (Å²) >= 11 is 0. The van der Waals surface area contributed by atoms with Crippen molar-refractivity contribution in [1.29, 1.82) is 0 Å². The number of carbonyl (C=O) groups excluding carboxylic acids is 3. The Kier molecular flexibility index (Phi) is 6.61. The summed E-state index contributed by atoms with van der Waals surface area (Å²) in [6.45, 7) is 8.01. The molecule has 0 aromatic heterocycles. The minimum atomic E-state index is -0.328. The SMILES string of the molecule is CC(C)(C)NC(=O)N1CCc2c(-c3ccc4c(c3)CNC4=O)ccc(CNC(=O)[C@@H]3C[C@H]3c3ccccc3)c2C1. The summed E-state index contributed by atoms with van der Waals surface area (Å²) in [4.78, 5) is 40.1. The van der Waals surface area contributed by atoms with Gasteiger partial charge in [0.2, 0.25) is 5.91 Å². The first-order valence-electron chi connectivity index (χ1n) is 14.1. The maximum absolute atomic E-state index is 13.1. The monoisotopic (exact) mass is 536 g/mol. The van der Waals surface area contributed by atoms with E-state index in [2.05, 4.69) is 46.3 Å². The lowest BCUT2D eigenvalue weighted by molar-refractivity contribution is -0.122. The summed E-state index contributed by atoms with van der Waals surface area (Å²) in [5.74, 6) is 0.352. The van der Waals surface area contributed by atoms with Crippen molar-refractivity contribution in [2.75, 3.05) is 6.54 Å². The van der Waals surface area contributed by atoms with Gasteiger partial charge in [0.1, 0.15) is 0 Å². The Bertz CT molecular complexity index is 1490. The molecule has 3 aliphatic rings. The Labute approximate surface area is 235 Å². The molecule has 2 atom stereocenters. The smallest absolute Gasteiger partial charge is 0.318 e. The van der Waals surface area contributed by atoms with Crippen LogP contribution in [0.25, 0.3) is 11.1 Å². The van der Waals surface area contributed by atoms with Gasteiger partial charge in [0.15, 0.2) is 0 Å². The van der Waals surface area contributed by atoms with E-state index in [0.29, 0.717) is 26.2 Å². The van der Waals surface area contributed by atoms with Crippen molar-refractivity contribution < 1.29 is 14.4 Å². The Balaban J connectivity index is 1.26. The number of urea groups is 1. The number of nitrogens with one attached hydrogen (secondary N) is 3. The minimum Gasteiger partial charge on any atom is -0.352 e. The minimum absolute atomic E-state index is 0.00861. The van der Waals surface area contributed by atoms with Crippen molar-refractivity contribution in [2.45, 2.75) is 64.7 Å². The lowest BCUT2D eigenvalue weighted by Gasteiger charge is -2.34. The number of carbonyl (C=O) groups is 3. The number of rotatable bonds is 5. The Morgan fingerprint density at radius 1 is 1.00 bits per heavy atom. The van der Waals surface area contributed by atoms with Gasteiger partial charge >= 0.3 is 6.03 Å². The topological polar surface area (TPSA) is 90.5 Å². The molecule has 6 rings (SSSR count). The first-order chi connectivity index (χ1) is 19.2. The van der Waals surface area contributed by atoms with Crippen molar-refractivity contribution in [3.8, 4) is 11.1 Å². The predicted molar refractivity (Wildman–Crippen MR) is 155 cm³/mol. The van der Waals surface area contributed by atoms with Gasteiger partial charge in [0.25, 0.3) is 5.91 Å². The molecule has 0 bridgehead atoms. The van der Waals surface area contributed by atoms with Crippen LogP contribution in [0.5, 0.6) is 0 Å². The number of hydrogen-bond acceptors (Lipinski definition) is 3. The highest BCUT2D eigenvalue weighted by Gasteiger charge is 2.43. The third kappa shape index (κ3) is 5.20. The second kappa shape index (κ2) is 10.1. The lowest BCUT2D eigenvalue weighted by atomic mass is 9.86. The van der Waals surface area contributed by atoms with Crippen LogP contribution in [0.2, 0.25) is 0 Å². The van der Waals surface area contributed by atoms with E-state index in [1.165, 1.54) is 11.1 Å². The van der Waals surface area contributed by atoms with Crippen molar-refractivity contribution in [2.24, 2.45) is 5.92 Å². The van der Waals surface area contributed by atoms with E-state index in [9.17, 15) is 14.4 Å². The zero-order chi connectivity index (χ0) is 28.0. The van der Waals surface area contributed by atoms with Gasteiger partial charge in [-0.15, -0.1) is 0 Å². The van der Waals surface area contributed by atoms with Gasteiger partial charge in [-0.25, -0.2) is 4.79 Å². The van der Waals surface area contributed by atoms with Crippen LogP contribution in [0.15, 0.2) is 60.7 Å². The molecule has 0 unspecified atom stereocenters. The van der Waals surface area contributed by atoms with Crippen LogP contribution in [0.4, 0.5) is 4.79 Å². The molecular weight excluding hydrogens is 500 g/mol. The van der Waals surface area contributed by atoms with E-state index in [0.717, 1.165) is 46.2 Å². The highest BCUT2D eigenvalue weighted by atomic mass is 16.2. The molecule has 7 nitrogen and oxygen atoms in total. The van der Waals surface area contributed by atoms with Crippen LogP contribution in [0.3, 0.4) is 0 Å². The lowest BCUT2D eigenvalue weighted by Crippen LogP contribution is -2.50. The fourth-order valence-electron chi connectivity index (χ4n) is 6.02. The second-order valence-electron chi connectivity index (χ2n) is 12.2. The van der Waals surface area contributed by atoms with Gasteiger partial charge in [-0.05, 0) is 90.6 Å². The van der Waals surface area contributed by atoms with E-state index < -0.39 is 0 Å². The normalized spacial score (nSPS) is 19.4. The molecule has 0 spiro atoms. The summed E-state index contributed by atoms with van der Waals surface area (Å²) in [6, 6.07) is 20.4. The zero-order valence-electron chi connectivity index (χ0n) is 23.3. The Morgan fingerprint density at radius 3 is 2.55 bits per heavy atom. The predicted octanol–water partition coefficient (Wildman–Crippen LogP) is 4.88. The first kappa shape index (κ1) is 26.1. The number of fused-ring (bicyclic) bond motifs is 2. The summed E-state index contributed by atoms with van der Waals surface area (Å²) in [5, 5.41) is 9.17. The summed E-state index contributed by atoms with van der Waals surface area (Å²) in [7, 11) is 0. The van der Waals surface area contributed by atoms with E-state index in [4.69, 9.17) is 0 Å². The average Bonchev–Trinajstić information content (AvgIpc) is 3.67. The molecule has 3 aromatic rings. The molecule has 1 saturated carbocycles. The van der Waals surface area contributed by atoms with Gasteiger partial charge in [0.05, 0.1) is 0 Å².